The molecule has 1 atom stereocenters. The maximum Gasteiger partial charge on any atom is 0.243 e. The molecule has 0 fully saturated rings. The first-order valence-electron chi connectivity index (χ1n) is 8.34. The Morgan fingerprint density at radius 3 is 2.92 bits per heavy atom. The summed E-state index contributed by atoms with van der Waals surface area (Å²) in [5.74, 6) is 1.25. The zero-order valence-corrected chi connectivity index (χ0v) is 14.5. The van der Waals surface area contributed by atoms with E-state index >= 15 is 0 Å². The van der Waals surface area contributed by atoms with Crippen LogP contribution in [-0.2, 0) is 4.79 Å². The molecule has 1 aliphatic rings. The molecule has 1 amide bonds. The van der Waals surface area contributed by atoms with Crippen molar-refractivity contribution in [2.45, 2.75) is 19.4 Å². The van der Waals surface area contributed by atoms with Crippen molar-refractivity contribution in [3.8, 4) is 11.5 Å². The highest BCUT2D eigenvalue weighted by molar-refractivity contribution is 5.95. The molecule has 6 heteroatoms. The lowest BCUT2D eigenvalue weighted by Gasteiger charge is -2.35. The fourth-order valence-corrected chi connectivity index (χ4v) is 2.92. The number of hydrogen-bond acceptors (Lipinski definition) is 5. The van der Waals surface area contributed by atoms with E-state index in [1.54, 1.807) is 7.11 Å². The number of carbonyl (C=O) groups is 1. The van der Waals surface area contributed by atoms with Crippen LogP contribution in [0.3, 0.4) is 0 Å². The van der Waals surface area contributed by atoms with Gasteiger partial charge in [0.2, 0.25) is 5.91 Å². The van der Waals surface area contributed by atoms with Gasteiger partial charge in [-0.25, -0.2) is 0 Å². The molecule has 0 radical (unpaired) electrons. The van der Waals surface area contributed by atoms with Crippen LogP contribution in [0, 0.1) is 0 Å². The highest BCUT2D eigenvalue weighted by Gasteiger charge is 2.26. The second-order valence-electron chi connectivity index (χ2n) is 6.00. The third-order valence-corrected chi connectivity index (χ3v) is 4.21. The fourth-order valence-electron chi connectivity index (χ4n) is 2.92. The molecule has 0 spiro atoms. The molecule has 0 saturated heterocycles. The van der Waals surface area contributed by atoms with E-state index in [-0.39, 0.29) is 18.6 Å². The number of nitrogens with one attached hydrogen (secondary N) is 1. The quantitative estimate of drug-likeness (QED) is 0.818. The summed E-state index contributed by atoms with van der Waals surface area (Å²) >= 11 is 0. The number of anilines is 3. The first kappa shape index (κ1) is 17.0. The summed E-state index contributed by atoms with van der Waals surface area (Å²) in [7, 11) is 1.58. The van der Waals surface area contributed by atoms with Crippen LogP contribution in [-0.4, -0.2) is 32.2 Å². The van der Waals surface area contributed by atoms with Crippen LogP contribution in [0.5, 0.6) is 11.5 Å². The number of nitrogens with zero attached hydrogens (tertiary/aromatic N) is 1. The van der Waals surface area contributed by atoms with Crippen molar-refractivity contribution in [1.29, 1.82) is 0 Å². The number of hydrogen-bond donors (Lipinski definition) is 2. The number of fused-ring (bicyclic) bond motifs is 1. The molecule has 0 saturated carbocycles. The topological polar surface area (TPSA) is 76.8 Å². The van der Waals surface area contributed by atoms with Crippen molar-refractivity contribution < 1.29 is 14.3 Å². The Morgan fingerprint density at radius 2 is 2.16 bits per heavy atom. The molecular formula is C19H23N3O3. The van der Waals surface area contributed by atoms with Gasteiger partial charge in [0.05, 0.1) is 31.6 Å². The molecule has 2 aromatic rings. The van der Waals surface area contributed by atoms with Gasteiger partial charge in [-0.05, 0) is 30.7 Å². The van der Waals surface area contributed by atoms with E-state index in [1.165, 1.54) is 0 Å². The van der Waals surface area contributed by atoms with E-state index in [9.17, 15) is 4.79 Å². The van der Waals surface area contributed by atoms with E-state index in [4.69, 9.17) is 15.2 Å². The third-order valence-electron chi connectivity index (χ3n) is 4.21. The molecule has 6 nitrogen and oxygen atoms in total. The Bertz CT molecular complexity index is 763. The molecule has 3 N–H and O–H groups in total. The highest BCUT2D eigenvalue weighted by atomic mass is 16.5. The van der Waals surface area contributed by atoms with Crippen LogP contribution < -0.4 is 25.4 Å². The number of ether oxygens (including phenoxy) is 2. The van der Waals surface area contributed by atoms with Crippen LogP contribution in [0.15, 0.2) is 42.5 Å². The monoisotopic (exact) mass is 341 g/mol. The van der Waals surface area contributed by atoms with Gasteiger partial charge in [-0.2, -0.15) is 0 Å². The Balaban J connectivity index is 1.76. The Hall–Kier alpha value is -2.89. The van der Waals surface area contributed by atoms with Crippen molar-refractivity contribution in [3.05, 3.63) is 42.5 Å². The van der Waals surface area contributed by atoms with Crippen LogP contribution in [0.25, 0.3) is 0 Å². The Kier molecular flexibility index (Phi) is 4.97. The van der Waals surface area contributed by atoms with Crippen molar-refractivity contribution in [2.75, 3.05) is 36.1 Å². The Labute approximate surface area is 147 Å². The first-order valence-corrected chi connectivity index (χ1v) is 8.34. The average molecular weight is 341 g/mol. The van der Waals surface area contributed by atoms with Gasteiger partial charge in [0.1, 0.15) is 17.6 Å². The second kappa shape index (κ2) is 7.34. The third kappa shape index (κ3) is 3.79. The summed E-state index contributed by atoms with van der Waals surface area (Å²) in [5.41, 5.74) is 8.05. The summed E-state index contributed by atoms with van der Waals surface area (Å²) in [6, 6.07) is 12.9. The minimum absolute atomic E-state index is 0.0355. The number of rotatable bonds is 5. The van der Waals surface area contributed by atoms with E-state index < -0.39 is 0 Å². The van der Waals surface area contributed by atoms with Crippen LogP contribution in [0.4, 0.5) is 17.1 Å². The lowest BCUT2D eigenvalue weighted by Crippen LogP contribution is -2.43. The maximum absolute atomic E-state index is 12.5. The first-order chi connectivity index (χ1) is 12.1. The summed E-state index contributed by atoms with van der Waals surface area (Å²) in [6.45, 7) is 2.95. The van der Waals surface area contributed by atoms with Gasteiger partial charge in [0.15, 0.2) is 0 Å². The maximum atomic E-state index is 12.5. The molecule has 0 aliphatic carbocycles. The fraction of sp³-hybridized carbons (Fsp3) is 0.316. The summed E-state index contributed by atoms with van der Waals surface area (Å²) < 4.78 is 11.2. The summed E-state index contributed by atoms with van der Waals surface area (Å²) in [4.78, 5) is 14.6. The van der Waals surface area contributed by atoms with Gasteiger partial charge in [-0.1, -0.05) is 19.1 Å². The predicted octanol–water partition coefficient (Wildman–Crippen LogP) is 2.89. The lowest BCUT2D eigenvalue weighted by atomic mass is 10.1. The molecule has 1 unspecified atom stereocenters. The van der Waals surface area contributed by atoms with Gasteiger partial charge in [0, 0.05) is 11.8 Å². The number of amides is 1. The van der Waals surface area contributed by atoms with Gasteiger partial charge in [-0.3, -0.25) is 4.79 Å². The number of benzene rings is 2. The second-order valence-corrected chi connectivity index (χ2v) is 6.00. The zero-order valence-electron chi connectivity index (χ0n) is 14.5. The zero-order chi connectivity index (χ0) is 17.8. The van der Waals surface area contributed by atoms with Gasteiger partial charge in [0.25, 0.3) is 0 Å². The van der Waals surface area contributed by atoms with E-state index in [0.29, 0.717) is 23.7 Å². The lowest BCUT2D eigenvalue weighted by molar-refractivity contribution is -0.115. The van der Waals surface area contributed by atoms with E-state index in [0.717, 1.165) is 17.9 Å². The normalized spacial score (nSPS) is 15.9. The number of carbonyl (C=O) groups excluding carboxylic acids is 1. The number of nitrogen functional groups attached to an aromatic ring is 1. The molecule has 1 heterocycles. The number of para-hydroxylation sites is 2. The summed E-state index contributed by atoms with van der Waals surface area (Å²) in [5, 5.41) is 2.91. The van der Waals surface area contributed by atoms with Crippen molar-refractivity contribution in [3.63, 3.8) is 0 Å². The molecule has 1 aliphatic heterocycles. The van der Waals surface area contributed by atoms with Gasteiger partial charge >= 0.3 is 0 Å². The molecule has 132 valence electrons. The number of methoxy groups -OCH3 is 1. The highest BCUT2D eigenvalue weighted by Crippen LogP contribution is 2.35. The molecule has 2 aromatic carbocycles. The van der Waals surface area contributed by atoms with Crippen LogP contribution in [0.2, 0.25) is 0 Å². The van der Waals surface area contributed by atoms with E-state index in [1.807, 2.05) is 47.4 Å². The average Bonchev–Trinajstić information content (AvgIpc) is 2.61. The molecule has 3 rings (SSSR count). The van der Waals surface area contributed by atoms with Gasteiger partial charge < -0.3 is 25.4 Å². The van der Waals surface area contributed by atoms with E-state index in [2.05, 4.69) is 12.2 Å². The Morgan fingerprint density at radius 1 is 1.36 bits per heavy atom. The molecule has 25 heavy (non-hydrogen) atoms. The standard InChI is InChI=1S/C19H23N3O3/c1-3-14-11-22(16-9-8-13(20)10-18(16)25-14)12-19(23)21-15-6-4-5-7-17(15)24-2/h4-10,14H,3,11-12,20H2,1-2H3,(H,21,23). The molecule has 0 aromatic heterocycles. The number of nitrogens with two attached hydrogens (primary N) is 1. The van der Waals surface area contributed by atoms with Crippen molar-refractivity contribution in [1.82, 2.24) is 0 Å². The van der Waals surface area contributed by atoms with Crippen molar-refractivity contribution >= 4 is 23.0 Å². The van der Waals surface area contributed by atoms with Crippen molar-refractivity contribution in [2.24, 2.45) is 0 Å². The smallest absolute Gasteiger partial charge is 0.243 e. The minimum atomic E-state index is -0.107. The van der Waals surface area contributed by atoms with Crippen LogP contribution in [0.1, 0.15) is 13.3 Å². The molecular weight excluding hydrogens is 318 g/mol. The molecule has 0 bridgehead atoms. The largest absolute Gasteiger partial charge is 0.495 e. The van der Waals surface area contributed by atoms with Crippen LogP contribution >= 0.6 is 0 Å². The SMILES string of the molecule is CCC1CN(CC(=O)Nc2ccccc2OC)c2ccc(N)cc2O1. The minimum Gasteiger partial charge on any atom is -0.495 e. The van der Waals surface area contributed by atoms with Gasteiger partial charge in [-0.15, -0.1) is 0 Å². The summed E-state index contributed by atoms with van der Waals surface area (Å²) in [6.07, 6.45) is 0.896. The predicted molar refractivity (Wildman–Crippen MR) is 99.4 cm³/mol.